The molecule has 0 amide bonds. The van der Waals surface area contributed by atoms with Crippen molar-refractivity contribution in [3.63, 3.8) is 0 Å². The minimum atomic E-state index is -0.351. The lowest BCUT2D eigenvalue weighted by Crippen LogP contribution is -2.41. The van der Waals surface area contributed by atoms with Crippen LogP contribution < -0.4 is 10.8 Å². The summed E-state index contributed by atoms with van der Waals surface area (Å²) in [7, 11) is -0.351. The monoisotopic (exact) mass is 277 g/mol. The van der Waals surface area contributed by atoms with Crippen LogP contribution in [-0.2, 0) is 9.31 Å². The molecule has 1 saturated heterocycles. The molecular formula is C15H24BNO3. The fourth-order valence-corrected chi connectivity index (χ4v) is 2.26. The fraction of sp³-hybridized carbons (Fsp3) is 0.600. The van der Waals surface area contributed by atoms with E-state index in [1.807, 2.05) is 25.1 Å². The third-order valence-corrected chi connectivity index (χ3v) is 4.31. The Hall–Kier alpha value is -1.04. The summed E-state index contributed by atoms with van der Waals surface area (Å²) in [6, 6.07) is 6.01. The largest absolute Gasteiger partial charge is 0.495 e. The zero-order chi connectivity index (χ0) is 15.0. The molecule has 0 unspecified atom stereocenters. The van der Waals surface area contributed by atoms with Crippen LogP contribution in [0.25, 0.3) is 0 Å². The van der Waals surface area contributed by atoms with Crippen molar-refractivity contribution in [1.82, 2.24) is 0 Å². The highest BCUT2D eigenvalue weighted by molar-refractivity contribution is 6.62. The third-order valence-electron chi connectivity index (χ3n) is 4.31. The van der Waals surface area contributed by atoms with Crippen molar-refractivity contribution in [3.05, 3.63) is 23.8 Å². The van der Waals surface area contributed by atoms with Crippen LogP contribution in [0.15, 0.2) is 18.2 Å². The maximum Gasteiger partial charge on any atom is 0.495 e. The zero-order valence-electron chi connectivity index (χ0n) is 13.0. The summed E-state index contributed by atoms with van der Waals surface area (Å²) in [6.45, 7) is 10.9. The van der Waals surface area contributed by atoms with Crippen molar-refractivity contribution in [2.24, 2.45) is 0 Å². The van der Waals surface area contributed by atoms with E-state index in [1.165, 1.54) is 0 Å². The van der Waals surface area contributed by atoms with Gasteiger partial charge in [0.15, 0.2) is 0 Å². The van der Waals surface area contributed by atoms with E-state index in [4.69, 9.17) is 14.4 Å². The lowest BCUT2D eigenvalue weighted by molar-refractivity contribution is 0.00578. The molecule has 1 aliphatic rings. The number of hydrogen-bond acceptors (Lipinski definition) is 4. The molecule has 5 heteroatoms. The van der Waals surface area contributed by atoms with E-state index in [1.54, 1.807) is 0 Å². The highest BCUT2D eigenvalue weighted by atomic mass is 16.7. The van der Waals surface area contributed by atoms with Crippen LogP contribution in [0.5, 0.6) is 0 Å². The third kappa shape index (κ3) is 2.71. The maximum absolute atomic E-state index is 8.92. The molecule has 1 fully saturated rings. The number of benzene rings is 1. The molecule has 0 atom stereocenters. The molecule has 20 heavy (non-hydrogen) atoms. The summed E-state index contributed by atoms with van der Waals surface area (Å²) in [5.41, 5.74) is 2.47. The standard InChI is InChI=1S/C15H24BNO3/c1-11-12(7-6-8-13(11)17-9-10-18)16-19-14(2,3)15(4,5)20-16/h6-8,17-18H,9-10H2,1-5H3. The second-order valence-corrected chi connectivity index (χ2v) is 6.26. The van der Waals surface area contributed by atoms with E-state index in [2.05, 4.69) is 33.0 Å². The summed E-state index contributed by atoms with van der Waals surface area (Å²) < 4.78 is 12.2. The minimum Gasteiger partial charge on any atom is -0.399 e. The number of aliphatic hydroxyl groups is 1. The van der Waals surface area contributed by atoms with Gasteiger partial charge in [-0.25, -0.2) is 0 Å². The van der Waals surface area contributed by atoms with Gasteiger partial charge in [-0.3, -0.25) is 0 Å². The summed E-state index contributed by atoms with van der Waals surface area (Å²) in [6.07, 6.45) is 0. The molecule has 110 valence electrons. The van der Waals surface area contributed by atoms with Crippen LogP contribution >= 0.6 is 0 Å². The topological polar surface area (TPSA) is 50.7 Å². The first-order chi connectivity index (χ1) is 9.28. The summed E-state index contributed by atoms with van der Waals surface area (Å²) in [5.74, 6) is 0. The maximum atomic E-state index is 8.92. The molecule has 1 aliphatic heterocycles. The number of aliphatic hydroxyl groups excluding tert-OH is 1. The Bertz CT molecular complexity index is 472. The van der Waals surface area contributed by atoms with Crippen molar-refractivity contribution in [1.29, 1.82) is 0 Å². The molecule has 0 radical (unpaired) electrons. The molecule has 0 spiro atoms. The lowest BCUT2D eigenvalue weighted by Gasteiger charge is -2.32. The summed E-state index contributed by atoms with van der Waals surface area (Å²) in [4.78, 5) is 0. The Morgan fingerprint density at radius 3 is 2.30 bits per heavy atom. The predicted octanol–water partition coefficient (Wildman–Crippen LogP) is 1.70. The van der Waals surface area contributed by atoms with E-state index in [9.17, 15) is 0 Å². The van der Waals surface area contributed by atoms with Gasteiger partial charge in [0.1, 0.15) is 0 Å². The Labute approximate surface area is 121 Å². The number of nitrogens with one attached hydrogen (secondary N) is 1. The predicted molar refractivity (Wildman–Crippen MR) is 82.5 cm³/mol. The van der Waals surface area contributed by atoms with Crippen molar-refractivity contribution in [2.45, 2.75) is 45.8 Å². The van der Waals surface area contributed by atoms with Gasteiger partial charge in [-0.05, 0) is 51.7 Å². The zero-order valence-corrected chi connectivity index (χ0v) is 13.0. The van der Waals surface area contributed by atoms with Crippen LogP contribution in [-0.4, -0.2) is 36.6 Å². The SMILES string of the molecule is Cc1c(NCCO)cccc1B1OC(C)(C)C(C)(C)O1. The number of hydrogen-bond donors (Lipinski definition) is 2. The molecule has 0 aromatic heterocycles. The van der Waals surface area contributed by atoms with E-state index in [-0.39, 0.29) is 24.9 Å². The van der Waals surface area contributed by atoms with Gasteiger partial charge < -0.3 is 19.7 Å². The molecule has 2 N–H and O–H groups in total. The molecule has 1 aromatic rings. The number of rotatable bonds is 4. The van der Waals surface area contributed by atoms with Gasteiger partial charge in [-0.1, -0.05) is 12.1 Å². The smallest absolute Gasteiger partial charge is 0.399 e. The fourth-order valence-electron chi connectivity index (χ4n) is 2.26. The molecule has 2 rings (SSSR count). The van der Waals surface area contributed by atoms with Crippen molar-refractivity contribution in [3.8, 4) is 0 Å². The second-order valence-electron chi connectivity index (χ2n) is 6.26. The van der Waals surface area contributed by atoms with Crippen molar-refractivity contribution in [2.75, 3.05) is 18.5 Å². The second kappa shape index (κ2) is 5.39. The van der Waals surface area contributed by atoms with Crippen LogP contribution in [0.4, 0.5) is 5.69 Å². The van der Waals surface area contributed by atoms with Gasteiger partial charge in [0.2, 0.25) is 0 Å². The average Bonchev–Trinajstić information content (AvgIpc) is 2.57. The highest BCUT2D eigenvalue weighted by Gasteiger charge is 2.52. The van der Waals surface area contributed by atoms with Crippen LogP contribution in [0.1, 0.15) is 33.3 Å². The normalized spacial score (nSPS) is 20.2. The molecular weight excluding hydrogens is 253 g/mol. The minimum absolute atomic E-state index is 0.111. The van der Waals surface area contributed by atoms with Crippen molar-refractivity contribution < 1.29 is 14.4 Å². The Morgan fingerprint density at radius 1 is 1.15 bits per heavy atom. The van der Waals surface area contributed by atoms with Crippen LogP contribution in [0.3, 0.4) is 0 Å². The van der Waals surface area contributed by atoms with Gasteiger partial charge >= 0.3 is 7.12 Å². The Balaban J connectivity index is 2.26. The molecule has 0 bridgehead atoms. The quantitative estimate of drug-likeness (QED) is 0.822. The first-order valence-corrected chi connectivity index (χ1v) is 7.08. The van der Waals surface area contributed by atoms with Crippen LogP contribution in [0.2, 0.25) is 0 Å². The van der Waals surface area contributed by atoms with E-state index < -0.39 is 0 Å². The molecule has 0 saturated carbocycles. The van der Waals surface area contributed by atoms with Gasteiger partial charge in [-0.2, -0.15) is 0 Å². The average molecular weight is 277 g/mol. The van der Waals surface area contributed by atoms with Gasteiger partial charge in [0, 0.05) is 12.2 Å². The first kappa shape index (κ1) is 15.4. The van der Waals surface area contributed by atoms with Crippen LogP contribution in [0, 0.1) is 6.92 Å². The highest BCUT2D eigenvalue weighted by Crippen LogP contribution is 2.36. The van der Waals surface area contributed by atoms with E-state index in [0.717, 1.165) is 16.7 Å². The summed E-state index contributed by atoms with van der Waals surface area (Å²) >= 11 is 0. The van der Waals surface area contributed by atoms with Gasteiger partial charge in [-0.15, -0.1) is 0 Å². The Kier molecular flexibility index (Phi) is 4.14. The molecule has 1 aromatic carbocycles. The van der Waals surface area contributed by atoms with Crippen molar-refractivity contribution >= 4 is 18.3 Å². The van der Waals surface area contributed by atoms with E-state index in [0.29, 0.717) is 6.54 Å². The number of anilines is 1. The first-order valence-electron chi connectivity index (χ1n) is 7.08. The summed E-state index contributed by atoms with van der Waals surface area (Å²) in [5, 5.41) is 12.1. The molecule has 4 nitrogen and oxygen atoms in total. The lowest BCUT2D eigenvalue weighted by atomic mass is 9.76. The molecule has 1 heterocycles. The van der Waals surface area contributed by atoms with E-state index >= 15 is 0 Å². The van der Waals surface area contributed by atoms with Gasteiger partial charge in [0.05, 0.1) is 17.8 Å². The Morgan fingerprint density at radius 2 is 1.75 bits per heavy atom. The van der Waals surface area contributed by atoms with Gasteiger partial charge in [0.25, 0.3) is 0 Å². The molecule has 0 aliphatic carbocycles.